The number of hydrogen-bond donors (Lipinski definition) is 1. The number of carbonyl (C=O) groups is 1. The van der Waals surface area contributed by atoms with Crippen LogP contribution in [-0.4, -0.2) is 40.2 Å². The second kappa shape index (κ2) is 7.75. The Bertz CT molecular complexity index is 594. The Morgan fingerprint density at radius 3 is 2.77 bits per heavy atom. The molecule has 1 unspecified atom stereocenters. The molecule has 5 heteroatoms. The largest absolute Gasteiger partial charge is 0.340 e. The SMILES string of the molecule is CCCNC(C)C(=O)N(C)Cc1cnn(-c2ccccc2)c1. The molecule has 1 aromatic carbocycles. The summed E-state index contributed by atoms with van der Waals surface area (Å²) in [5, 5.41) is 7.57. The van der Waals surface area contributed by atoms with Gasteiger partial charge in [0.1, 0.15) is 0 Å². The van der Waals surface area contributed by atoms with Gasteiger partial charge in [-0.3, -0.25) is 4.79 Å². The zero-order chi connectivity index (χ0) is 15.9. The van der Waals surface area contributed by atoms with E-state index in [9.17, 15) is 4.79 Å². The summed E-state index contributed by atoms with van der Waals surface area (Å²) in [4.78, 5) is 14.0. The Balaban J connectivity index is 1.96. The highest BCUT2D eigenvalue weighted by Crippen LogP contribution is 2.09. The molecule has 1 N–H and O–H groups in total. The van der Waals surface area contributed by atoms with E-state index in [0.29, 0.717) is 6.54 Å². The number of nitrogens with one attached hydrogen (secondary N) is 1. The molecule has 1 heterocycles. The standard InChI is InChI=1S/C17H24N4O/c1-4-10-18-14(2)17(22)20(3)12-15-11-19-21(13-15)16-8-6-5-7-9-16/h5-9,11,13-14,18H,4,10,12H2,1-3H3. The number of rotatable bonds is 7. The Morgan fingerprint density at radius 2 is 2.09 bits per heavy atom. The summed E-state index contributed by atoms with van der Waals surface area (Å²) in [7, 11) is 1.83. The molecule has 0 saturated carbocycles. The lowest BCUT2D eigenvalue weighted by atomic mass is 10.2. The van der Waals surface area contributed by atoms with Crippen LogP contribution in [0.1, 0.15) is 25.8 Å². The molecular weight excluding hydrogens is 276 g/mol. The molecule has 1 aromatic heterocycles. The molecule has 2 rings (SSSR count). The zero-order valence-corrected chi connectivity index (χ0v) is 13.5. The second-order valence-electron chi connectivity index (χ2n) is 5.50. The third kappa shape index (κ3) is 4.18. The van der Waals surface area contributed by atoms with Crippen LogP contribution in [0, 0.1) is 0 Å². The molecule has 0 fully saturated rings. The first-order chi connectivity index (χ1) is 10.6. The van der Waals surface area contributed by atoms with Gasteiger partial charge in [0.05, 0.1) is 17.9 Å². The minimum atomic E-state index is -0.158. The Hall–Kier alpha value is -2.14. The smallest absolute Gasteiger partial charge is 0.239 e. The summed E-state index contributed by atoms with van der Waals surface area (Å²) in [6.07, 6.45) is 4.79. The van der Waals surface area contributed by atoms with Crippen molar-refractivity contribution in [1.82, 2.24) is 20.0 Å². The lowest BCUT2D eigenvalue weighted by Crippen LogP contribution is -2.43. The molecule has 5 nitrogen and oxygen atoms in total. The fourth-order valence-corrected chi connectivity index (χ4v) is 2.29. The third-order valence-electron chi connectivity index (χ3n) is 3.52. The van der Waals surface area contributed by atoms with Gasteiger partial charge < -0.3 is 10.2 Å². The maximum atomic E-state index is 12.3. The van der Waals surface area contributed by atoms with Crippen molar-refractivity contribution in [3.05, 3.63) is 48.3 Å². The molecular formula is C17H24N4O. The maximum absolute atomic E-state index is 12.3. The summed E-state index contributed by atoms with van der Waals surface area (Å²) in [6.45, 7) is 5.41. The van der Waals surface area contributed by atoms with Crippen molar-refractivity contribution in [2.24, 2.45) is 0 Å². The van der Waals surface area contributed by atoms with Gasteiger partial charge in [0, 0.05) is 25.4 Å². The molecule has 118 valence electrons. The highest BCUT2D eigenvalue weighted by molar-refractivity contribution is 5.81. The lowest BCUT2D eigenvalue weighted by molar-refractivity contribution is -0.132. The number of nitrogens with zero attached hydrogens (tertiary/aromatic N) is 3. The average molecular weight is 300 g/mol. The summed E-state index contributed by atoms with van der Waals surface area (Å²) >= 11 is 0. The van der Waals surface area contributed by atoms with Gasteiger partial charge in [-0.2, -0.15) is 5.10 Å². The van der Waals surface area contributed by atoms with E-state index in [1.807, 2.05) is 55.2 Å². The van der Waals surface area contributed by atoms with Crippen molar-refractivity contribution in [3.63, 3.8) is 0 Å². The first-order valence-electron chi connectivity index (χ1n) is 7.69. The first-order valence-corrected chi connectivity index (χ1v) is 7.69. The number of amides is 1. The van der Waals surface area contributed by atoms with Gasteiger partial charge in [-0.1, -0.05) is 25.1 Å². The molecule has 0 aliphatic carbocycles. The van der Waals surface area contributed by atoms with Crippen molar-refractivity contribution in [3.8, 4) is 5.69 Å². The summed E-state index contributed by atoms with van der Waals surface area (Å²) < 4.78 is 1.83. The summed E-state index contributed by atoms with van der Waals surface area (Å²) in [5.74, 6) is 0.0981. The number of para-hydroxylation sites is 1. The number of aromatic nitrogens is 2. The molecule has 0 radical (unpaired) electrons. The van der Waals surface area contributed by atoms with Crippen molar-refractivity contribution in [1.29, 1.82) is 0 Å². The number of likely N-dealkylation sites (N-methyl/N-ethyl adjacent to an activating group) is 1. The van der Waals surface area contributed by atoms with E-state index in [4.69, 9.17) is 0 Å². The minimum Gasteiger partial charge on any atom is -0.340 e. The monoisotopic (exact) mass is 300 g/mol. The minimum absolute atomic E-state index is 0.0981. The van der Waals surface area contributed by atoms with Gasteiger partial charge in [-0.25, -0.2) is 4.68 Å². The number of benzene rings is 1. The van der Waals surface area contributed by atoms with E-state index in [0.717, 1.165) is 24.2 Å². The van der Waals surface area contributed by atoms with Gasteiger partial charge in [0.25, 0.3) is 0 Å². The van der Waals surface area contributed by atoms with Crippen LogP contribution in [-0.2, 0) is 11.3 Å². The van der Waals surface area contributed by atoms with Gasteiger partial charge in [-0.15, -0.1) is 0 Å². The highest BCUT2D eigenvalue weighted by Gasteiger charge is 2.17. The molecule has 0 aliphatic rings. The maximum Gasteiger partial charge on any atom is 0.239 e. The van der Waals surface area contributed by atoms with Crippen molar-refractivity contribution >= 4 is 5.91 Å². The molecule has 0 bridgehead atoms. The van der Waals surface area contributed by atoms with Crippen LogP contribution < -0.4 is 5.32 Å². The van der Waals surface area contributed by atoms with Crippen molar-refractivity contribution in [2.45, 2.75) is 32.9 Å². The van der Waals surface area contributed by atoms with E-state index in [-0.39, 0.29) is 11.9 Å². The molecule has 2 aromatic rings. The zero-order valence-electron chi connectivity index (χ0n) is 13.5. The van der Waals surface area contributed by atoms with Gasteiger partial charge >= 0.3 is 0 Å². The van der Waals surface area contributed by atoms with Crippen molar-refractivity contribution in [2.75, 3.05) is 13.6 Å². The average Bonchev–Trinajstić information content (AvgIpc) is 3.01. The molecule has 22 heavy (non-hydrogen) atoms. The van der Waals surface area contributed by atoms with Gasteiger partial charge in [-0.05, 0) is 32.0 Å². The molecule has 0 saturated heterocycles. The topological polar surface area (TPSA) is 50.2 Å². The van der Waals surface area contributed by atoms with Gasteiger partial charge in [0.2, 0.25) is 5.91 Å². The van der Waals surface area contributed by atoms with E-state index >= 15 is 0 Å². The van der Waals surface area contributed by atoms with Crippen LogP contribution in [0.15, 0.2) is 42.7 Å². The predicted molar refractivity (Wildman–Crippen MR) is 87.8 cm³/mol. The second-order valence-corrected chi connectivity index (χ2v) is 5.50. The molecule has 1 amide bonds. The quantitative estimate of drug-likeness (QED) is 0.853. The Morgan fingerprint density at radius 1 is 1.36 bits per heavy atom. The van der Waals surface area contributed by atoms with Crippen LogP contribution in [0.3, 0.4) is 0 Å². The van der Waals surface area contributed by atoms with E-state index in [1.165, 1.54) is 0 Å². The number of hydrogen-bond acceptors (Lipinski definition) is 3. The van der Waals surface area contributed by atoms with Crippen molar-refractivity contribution < 1.29 is 4.79 Å². The fourth-order valence-electron chi connectivity index (χ4n) is 2.29. The third-order valence-corrected chi connectivity index (χ3v) is 3.52. The molecule has 0 spiro atoms. The fraction of sp³-hybridized carbons (Fsp3) is 0.412. The van der Waals surface area contributed by atoms with E-state index in [1.54, 1.807) is 11.1 Å². The molecule has 1 atom stereocenters. The summed E-state index contributed by atoms with van der Waals surface area (Å²) in [6, 6.07) is 9.78. The van der Waals surface area contributed by atoms with E-state index in [2.05, 4.69) is 17.3 Å². The van der Waals surface area contributed by atoms with Crippen LogP contribution in [0.4, 0.5) is 0 Å². The van der Waals surface area contributed by atoms with Gasteiger partial charge in [0.15, 0.2) is 0 Å². The Kier molecular flexibility index (Phi) is 5.72. The van der Waals surface area contributed by atoms with Crippen LogP contribution in [0.2, 0.25) is 0 Å². The summed E-state index contributed by atoms with van der Waals surface area (Å²) in [5.41, 5.74) is 2.03. The number of carbonyl (C=O) groups excluding carboxylic acids is 1. The predicted octanol–water partition coefficient (Wildman–Crippen LogP) is 2.22. The lowest BCUT2D eigenvalue weighted by Gasteiger charge is -2.21. The first kappa shape index (κ1) is 16.2. The highest BCUT2D eigenvalue weighted by atomic mass is 16.2. The molecule has 0 aliphatic heterocycles. The van der Waals surface area contributed by atoms with Crippen LogP contribution in [0.5, 0.6) is 0 Å². The van der Waals surface area contributed by atoms with E-state index < -0.39 is 0 Å². The van der Waals surface area contributed by atoms with Crippen LogP contribution in [0.25, 0.3) is 5.69 Å². The Labute approximate surface area is 131 Å². The normalized spacial score (nSPS) is 12.1. The van der Waals surface area contributed by atoms with Crippen LogP contribution >= 0.6 is 0 Å².